The van der Waals surface area contributed by atoms with E-state index in [-0.39, 0.29) is 0 Å². The molecule has 94 valence electrons. The first-order chi connectivity index (χ1) is 8.79. The average Bonchev–Trinajstić information content (AvgIpc) is 2.80. The minimum Gasteiger partial charge on any atom is -0.496 e. The molecule has 1 N–H and O–H groups in total. The van der Waals surface area contributed by atoms with Crippen LogP contribution in [0.15, 0.2) is 30.5 Å². The van der Waals surface area contributed by atoms with Crippen LogP contribution in [0.4, 0.5) is 0 Å². The number of rotatable bonds is 2. The standard InChI is InChI=1S/C16H19NO/c1-11-10-17-15-9-12(7-8-13(11)15)14-5-3-4-6-16(14)18-2/h3-6,10,12,17H,7-9H2,1-2H3. The predicted octanol–water partition coefficient (Wildman–Crippen LogP) is 3.60. The van der Waals surface area contributed by atoms with Crippen LogP contribution >= 0.6 is 0 Å². The van der Waals surface area contributed by atoms with Gasteiger partial charge in [0.15, 0.2) is 0 Å². The number of fused-ring (bicyclic) bond motifs is 1. The molecule has 1 heterocycles. The lowest BCUT2D eigenvalue weighted by Crippen LogP contribution is -2.13. The molecule has 0 radical (unpaired) electrons. The van der Waals surface area contributed by atoms with Gasteiger partial charge >= 0.3 is 0 Å². The zero-order chi connectivity index (χ0) is 12.5. The van der Waals surface area contributed by atoms with Gasteiger partial charge in [0.2, 0.25) is 0 Å². The highest BCUT2D eigenvalue weighted by Crippen LogP contribution is 2.37. The van der Waals surface area contributed by atoms with E-state index < -0.39 is 0 Å². The van der Waals surface area contributed by atoms with E-state index in [0.717, 1.165) is 12.2 Å². The molecular weight excluding hydrogens is 222 g/mol. The first-order valence-electron chi connectivity index (χ1n) is 6.58. The molecule has 18 heavy (non-hydrogen) atoms. The first kappa shape index (κ1) is 11.4. The van der Waals surface area contributed by atoms with E-state index in [1.807, 2.05) is 6.07 Å². The Morgan fingerprint density at radius 1 is 1.28 bits per heavy atom. The van der Waals surface area contributed by atoms with Crippen LogP contribution in [0.2, 0.25) is 0 Å². The van der Waals surface area contributed by atoms with Crippen molar-refractivity contribution in [1.82, 2.24) is 4.98 Å². The number of H-pyrrole nitrogens is 1. The molecule has 0 amide bonds. The SMILES string of the molecule is COc1ccccc1C1CCc2c(C)c[nH]c2C1. The number of benzene rings is 1. The van der Waals surface area contributed by atoms with Crippen LogP contribution in [-0.2, 0) is 12.8 Å². The molecule has 3 rings (SSSR count). The topological polar surface area (TPSA) is 25.0 Å². The van der Waals surface area contributed by atoms with E-state index in [4.69, 9.17) is 4.74 Å². The van der Waals surface area contributed by atoms with Crippen LogP contribution in [0.1, 0.15) is 34.7 Å². The summed E-state index contributed by atoms with van der Waals surface area (Å²) in [7, 11) is 1.76. The van der Waals surface area contributed by atoms with Crippen molar-refractivity contribution in [3.05, 3.63) is 52.8 Å². The van der Waals surface area contributed by atoms with Crippen molar-refractivity contribution in [2.75, 3.05) is 7.11 Å². The second-order valence-corrected chi connectivity index (χ2v) is 5.11. The maximum Gasteiger partial charge on any atom is 0.122 e. The Morgan fingerprint density at radius 3 is 2.94 bits per heavy atom. The van der Waals surface area contributed by atoms with Gasteiger partial charge in [-0.3, -0.25) is 0 Å². The van der Waals surface area contributed by atoms with E-state index in [1.54, 1.807) is 7.11 Å². The summed E-state index contributed by atoms with van der Waals surface area (Å²) in [6.07, 6.45) is 5.62. The lowest BCUT2D eigenvalue weighted by atomic mass is 9.82. The van der Waals surface area contributed by atoms with Crippen molar-refractivity contribution in [3.8, 4) is 5.75 Å². The van der Waals surface area contributed by atoms with Crippen molar-refractivity contribution in [1.29, 1.82) is 0 Å². The van der Waals surface area contributed by atoms with Gasteiger partial charge in [0.05, 0.1) is 7.11 Å². The van der Waals surface area contributed by atoms with Crippen molar-refractivity contribution in [2.24, 2.45) is 0 Å². The third-order valence-corrected chi connectivity index (χ3v) is 4.08. The fraction of sp³-hybridized carbons (Fsp3) is 0.375. The number of hydrogen-bond donors (Lipinski definition) is 1. The minimum atomic E-state index is 0.576. The molecule has 1 aliphatic carbocycles. The molecule has 0 aliphatic heterocycles. The van der Waals surface area contributed by atoms with Crippen LogP contribution in [0.3, 0.4) is 0 Å². The number of hydrogen-bond acceptors (Lipinski definition) is 1. The summed E-state index contributed by atoms with van der Waals surface area (Å²) in [4.78, 5) is 3.42. The molecule has 0 saturated carbocycles. The number of ether oxygens (including phenoxy) is 1. The zero-order valence-corrected chi connectivity index (χ0v) is 11.0. The molecule has 1 unspecified atom stereocenters. The normalized spacial score (nSPS) is 18.4. The summed E-state index contributed by atoms with van der Waals surface area (Å²) in [5.41, 5.74) is 5.69. The molecule has 1 aliphatic rings. The van der Waals surface area contributed by atoms with Gasteiger partial charge in [-0.1, -0.05) is 18.2 Å². The maximum atomic E-state index is 5.48. The summed E-state index contributed by atoms with van der Waals surface area (Å²) in [6.45, 7) is 2.19. The average molecular weight is 241 g/mol. The Bertz CT molecular complexity index is 556. The largest absolute Gasteiger partial charge is 0.496 e. The molecule has 0 bridgehead atoms. The smallest absolute Gasteiger partial charge is 0.122 e. The van der Waals surface area contributed by atoms with Gasteiger partial charge < -0.3 is 9.72 Å². The van der Waals surface area contributed by atoms with E-state index in [0.29, 0.717) is 5.92 Å². The number of para-hydroxylation sites is 1. The Hall–Kier alpha value is -1.70. The van der Waals surface area contributed by atoms with Crippen LogP contribution in [0.5, 0.6) is 5.75 Å². The van der Waals surface area contributed by atoms with Crippen molar-refractivity contribution < 1.29 is 4.74 Å². The van der Waals surface area contributed by atoms with Crippen molar-refractivity contribution in [3.63, 3.8) is 0 Å². The molecule has 2 heteroatoms. The summed E-state index contributed by atoms with van der Waals surface area (Å²) >= 11 is 0. The molecule has 0 saturated heterocycles. The predicted molar refractivity (Wildman–Crippen MR) is 73.3 cm³/mol. The third kappa shape index (κ3) is 1.82. The Morgan fingerprint density at radius 2 is 2.11 bits per heavy atom. The minimum absolute atomic E-state index is 0.576. The van der Waals surface area contributed by atoms with Crippen LogP contribution in [0, 0.1) is 6.92 Å². The highest BCUT2D eigenvalue weighted by Gasteiger charge is 2.24. The number of aryl methyl sites for hydroxylation is 1. The van der Waals surface area contributed by atoms with E-state index in [9.17, 15) is 0 Å². The molecular formula is C16H19NO. The number of aromatic amines is 1. The highest BCUT2D eigenvalue weighted by molar-refractivity contribution is 5.40. The first-order valence-corrected chi connectivity index (χ1v) is 6.58. The van der Waals surface area contributed by atoms with Crippen molar-refractivity contribution >= 4 is 0 Å². The Kier molecular flexibility index (Phi) is 2.86. The molecule has 2 nitrogen and oxygen atoms in total. The molecule has 1 atom stereocenters. The van der Waals surface area contributed by atoms with Crippen LogP contribution in [0.25, 0.3) is 0 Å². The zero-order valence-electron chi connectivity index (χ0n) is 11.0. The number of aromatic nitrogens is 1. The molecule has 0 spiro atoms. The van der Waals surface area contributed by atoms with Gasteiger partial charge in [0, 0.05) is 11.9 Å². The van der Waals surface area contributed by atoms with Gasteiger partial charge in [0.25, 0.3) is 0 Å². The van der Waals surface area contributed by atoms with Gasteiger partial charge in [-0.2, -0.15) is 0 Å². The fourth-order valence-electron chi connectivity index (χ4n) is 3.07. The van der Waals surface area contributed by atoms with Crippen LogP contribution < -0.4 is 4.74 Å². The third-order valence-electron chi connectivity index (χ3n) is 4.08. The van der Waals surface area contributed by atoms with Gasteiger partial charge in [-0.15, -0.1) is 0 Å². The monoisotopic (exact) mass is 241 g/mol. The Balaban J connectivity index is 1.92. The van der Waals surface area contributed by atoms with Crippen molar-refractivity contribution in [2.45, 2.75) is 32.1 Å². The number of methoxy groups -OCH3 is 1. The highest BCUT2D eigenvalue weighted by atomic mass is 16.5. The van der Waals surface area contributed by atoms with Crippen LogP contribution in [-0.4, -0.2) is 12.1 Å². The summed E-state index contributed by atoms with van der Waals surface area (Å²) in [6, 6.07) is 8.40. The van der Waals surface area contributed by atoms with Gasteiger partial charge in [0.1, 0.15) is 5.75 Å². The summed E-state index contributed by atoms with van der Waals surface area (Å²) in [5.74, 6) is 1.60. The molecule has 2 aromatic rings. The summed E-state index contributed by atoms with van der Waals surface area (Å²) in [5, 5.41) is 0. The second-order valence-electron chi connectivity index (χ2n) is 5.11. The molecule has 1 aromatic heterocycles. The van der Waals surface area contributed by atoms with E-state index in [1.165, 1.54) is 35.2 Å². The van der Waals surface area contributed by atoms with Gasteiger partial charge in [-0.25, -0.2) is 0 Å². The molecule has 0 fully saturated rings. The van der Waals surface area contributed by atoms with E-state index in [2.05, 4.69) is 36.3 Å². The quantitative estimate of drug-likeness (QED) is 0.853. The lowest BCUT2D eigenvalue weighted by Gasteiger charge is -2.24. The van der Waals surface area contributed by atoms with Gasteiger partial charge in [-0.05, 0) is 54.9 Å². The Labute approximate surface area is 108 Å². The van der Waals surface area contributed by atoms with E-state index >= 15 is 0 Å². The fourth-order valence-corrected chi connectivity index (χ4v) is 3.07. The second kappa shape index (κ2) is 4.52. The lowest BCUT2D eigenvalue weighted by molar-refractivity contribution is 0.401. The number of nitrogens with one attached hydrogen (secondary N) is 1. The summed E-state index contributed by atoms with van der Waals surface area (Å²) < 4.78 is 5.48. The maximum absolute atomic E-state index is 5.48. The molecule has 1 aromatic carbocycles.